The zero-order valence-electron chi connectivity index (χ0n) is 19.8. The van der Waals surface area contributed by atoms with Crippen molar-refractivity contribution in [3.05, 3.63) is 41.0 Å². The molecule has 8 heteroatoms. The highest BCUT2D eigenvalue weighted by atomic mass is 16.5. The fourth-order valence-corrected chi connectivity index (χ4v) is 3.84. The van der Waals surface area contributed by atoms with Crippen molar-refractivity contribution in [1.82, 2.24) is 25.4 Å². The first-order chi connectivity index (χ1) is 15.7. The number of hydrogen-bond acceptors (Lipinski definition) is 5. The van der Waals surface area contributed by atoms with Crippen LogP contribution in [0, 0.1) is 6.92 Å². The van der Waals surface area contributed by atoms with Crippen LogP contribution in [0.3, 0.4) is 0 Å². The van der Waals surface area contributed by atoms with Gasteiger partial charge in [-0.25, -0.2) is 4.99 Å². The molecule has 176 valence electrons. The largest absolute Gasteiger partial charge is 0.493 e. The second-order valence-electron chi connectivity index (χ2n) is 8.17. The van der Waals surface area contributed by atoms with Gasteiger partial charge in [0.2, 0.25) is 0 Å². The summed E-state index contributed by atoms with van der Waals surface area (Å²) >= 11 is 0. The molecule has 32 heavy (non-hydrogen) atoms. The summed E-state index contributed by atoms with van der Waals surface area (Å²) in [4.78, 5) is 4.79. The van der Waals surface area contributed by atoms with E-state index in [-0.39, 0.29) is 0 Å². The van der Waals surface area contributed by atoms with Crippen LogP contribution in [0.5, 0.6) is 5.75 Å². The lowest BCUT2D eigenvalue weighted by Gasteiger charge is -2.14. The Labute approximate surface area is 191 Å². The van der Waals surface area contributed by atoms with Crippen LogP contribution >= 0.6 is 0 Å². The molecule has 8 nitrogen and oxygen atoms in total. The molecule has 0 saturated carbocycles. The minimum absolute atomic E-state index is 0.551. The molecular weight excluding hydrogens is 404 g/mol. The minimum atomic E-state index is 0.551. The van der Waals surface area contributed by atoms with E-state index in [2.05, 4.69) is 57.4 Å². The number of methoxy groups -OCH3 is 1. The van der Waals surface area contributed by atoms with Crippen molar-refractivity contribution in [3.63, 3.8) is 0 Å². The van der Waals surface area contributed by atoms with E-state index in [1.165, 1.54) is 24.8 Å². The number of aryl methyl sites for hydroxylation is 2. The zero-order chi connectivity index (χ0) is 22.6. The average molecular weight is 443 g/mol. The maximum atomic E-state index is 6.00. The van der Waals surface area contributed by atoms with Crippen molar-refractivity contribution in [2.24, 2.45) is 4.99 Å². The molecule has 3 rings (SSSR count). The first-order valence-electron chi connectivity index (χ1n) is 11.9. The molecule has 2 heterocycles. The molecule has 0 atom stereocenters. The molecular formula is C24H38N6O2. The molecule has 0 spiro atoms. The number of rotatable bonds is 11. The Hall–Kier alpha value is -2.61. The first kappa shape index (κ1) is 24.0. The lowest BCUT2D eigenvalue weighted by molar-refractivity contribution is 0.172. The minimum Gasteiger partial charge on any atom is -0.493 e. The summed E-state index contributed by atoms with van der Waals surface area (Å²) in [5, 5.41) is 15.6. The molecule has 0 unspecified atom stereocenters. The maximum absolute atomic E-state index is 6.00. The molecule has 1 aliphatic heterocycles. The van der Waals surface area contributed by atoms with E-state index in [9.17, 15) is 0 Å². The fourth-order valence-electron chi connectivity index (χ4n) is 3.84. The smallest absolute Gasteiger partial charge is 0.191 e. The van der Waals surface area contributed by atoms with Gasteiger partial charge in [-0.15, -0.1) is 10.2 Å². The predicted octanol–water partition coefficient (Wildman–Crippen LogP) is 3.03. The summed E-state index contributed by atoms with van der Waals surface area (Å²) in [6.45, 7) is 8.64. The van der Waals surface area contributed by atoms with E-state index < -0.39 is 0 Å². The van der Waals surface area contributed by atoms with E-state index in [4.69, 9.17) is 14.5 Å². The van der Waals surface area contributed by atoms with E-state index in [0.29, 0.717) is 19.8 Å². The summed E-state index contributed by atoms with van der Waals surface area (Å²) < 4.78 is 13.4. The lowest BCUT2D eigenvalue weighted by Crippen LogP contribution is -2.38. The summed E-state index contributed by atoms with van der Waals surface area (Å²) in [6, 6.07) is 6.28. The molecule has 0 aliphatic carbocycles. The highest BCUT2D eigenvalue weighted by molar-refractivity contribution is 5.79. The molecule has 2 N–H and O–H groups in total. The van der Waals surface area contributed by atoms with Crippen molar-refractivity contribution < 1.29 is 9.47 Å². The highest BCUT2D eigenvalue weighted by Gasteiger charge is 2.14. The van der Waals surface area contributed by atoms with Crippen molar-refractivity contribution in [1.29, 1.82) is 0 Å². The molecule has 0 amide bonds. The van der Waals surface area contributed by atoms with Gasteiger partial charge in [0.25, 0.3) is 0 Å². The van der Waals surface area contributed by atoms with Crippen molar-refractivity contribution in [2.45, 2.75) is 65.5 Å². The number of guanidine groups is 1. The summed E-state index contributed by atoms with van der Waals surface area (Å²) in [5.41, 5.74) is 2.25. The van der Waals surface area contributed by atoms with Gasteiger partial charge in [-0.1, -0.05) is 18.6 Å². The van der Waals surface area contributed by atoms with Gasteiger partial charge in [0.05, 0.1) is 13.2 Å². The third-order valence-electron chi connectivity index (χ3n) is 5.55. The Balaban J connectivity index is 1.57. The normalized spacial score (nSPS) is 14.0. The van der Waals surface area contributed by atoms with Gasteiger partial charge >= 0.3 is 0 Å². The highest BCUT2D eigenvalue weighted by Crippen LogP contribution is 2.21. The quantitative estimate of drug-likeness (QED) is 0.316. The van der Waals surface area contributed by atoms with E-state index >= 15 is 0 Å². The number of aliphatic imine (C=N–C) groups is 1. The molecule has 0 bridgehead atoms. The van der Waals surface area contributed by atoms with E-state index in [0.717, 1.165) is 67.8 Å². The Kier molecular flexibility index (Phi) is 9.81. The third kappa shape index (κ3) is 7.22. The number of aromatic nitrogens is 3. The van der Waals surface area contributed by atoms with Crippen LogP contribution in [0.15, 0.2) is 23.2 Å². The average Bonchev–Trinajstić information content (AvgIpc) is 3.01. The standard InChI is InChI=1S/C24H38N6O2/c1-4-25-24(26-13-12-23-29-28-22-9-6-5-7-14-30(22)23)27-18-20-11-10-19(2)17-21(20)32-16-8-15-31-3/h10-11,17H,4-9,12-16,18H2,1-3H3,(H2,25,26,27). The number of benzene rings is 1. The summed E-state index contributed by atoms with van der Waals surface area (Å²) in [7, 11) is 1.71. The van der Waals surface area contributed by atoms with Gasteiger partial charge in [0.1, 0.15) is 17.4 Å². The van der Waals surface area contributed by atoms with Gasteiger partial charge in [-0.3, -0.25) is 0 Å². The van der Waals surface area contributed by atoms with Crippen molar-refractivity contribution in [2.75, 3.05) is 33.4 Å². The van der Waals surface area contributed by atoms with Gasteiger partial charge in [-0.05, 0) is 38.3 Å². The maximum Gasteiger partial charge on any atom is 0.191 e. The predicted molar refractivity (Wildman–Crippen MR) is 127 cm³/mol. The molecule has 2 aromatic rings. The van der Waals surface area contributed by atoms with Gasteiger partial charge in [-0.2, -0.15) is 0 Å². The van der Waals surface area contributed by atoms with Gasteiger partial charge in [0, 0.05) is 58.2 Å². The molecule has 0 saturated heterocycles. The van der Waals surface area contributed by atoms with Crippen molar-refractivity contribution in [3.8, 4) is 5.75 Å². The van der Waals surface area contributed by atoms with Crippen LogP contribution < -0.4 is 15.4 Å². The van der Waals surface area contributed by atoms with Crippen LogP contribution in [0.2, 0.25) is 0 Å². The first-order valence-corrected chi connectivity index (χ1v) is 11.9. The van der Waals surface area contributed by atoms with Crippen LogP contribution in [0.25, 0.3) is 0 Å². The Morgan fingerprint density at radius 2 is 2.06 bits per heavy atom. The summed E-state index contributed by atoms with van der Waals surface area (Å²) in [6.07, 6.45) is 6.43. The SMILES string of the molecule is CCNC(=NCc1ccc(C)cc1OCCCOC)NCCc1nnc2n1CCCCC2. The second-order valence-corrected chi connectivity index (χ2v) is 8.17. The number of ether oxygens (including phenoxy) is 2. The van der Waals surface area contributed by atoms with Gasteiger partial charge in [0.15, 0.2) is 5.96 Å². The van der Waals surface area contributed by atoms with Crippen LogP contribution in [0.1, 0.15) is 55.4 Å². The van der Waals surface area contributed by atoms with Crippen LogP contribution in [-0.4, -0.2) is 54.1 Å². The van der Waals surface area contributed by atoms with Gasteiger partial charge < -0.3 is 24.7 Å². The number of nitrogens with one attached hydrogen (secondary N) is 2. The van der Waals surface area contributed by atoms with Crippen LogP contribution in [-0.2, 0) is 30.7 Å². The topological polar surface area (TPSA) is 85.6 Å². The molecule has 1 aliphatic rings. The monoisotopic (exact) mass is 442 g/mol. The molecule has 0 fully saturated rings. The number of fused-ring (bicyclic) bond motifs is 1. The van der Waals surface area contributed by atoms with Crippen molar-refractivity contribution >= 4 is 5.96 Å². The lowest BCUT2D eigenvalue weighted by atomic mass is 10.1. The molecule has 1 aromatic carbocycles. The van der Waals surface area contributed by atoms with Crippen LogP contribution in [0.4, 0.5) is 0 Å². The van der Waals surface area contributed by atoms with E-state index in [1.807, 2.05) is 0 Å². The Bertz CT molecular complexity index is 864. The Morgan fingerprint density at radius 1 is 1.16 bits per heavy atom. The summed E-state index contributed by atoms with van der Waals surface area (Å²) in [5.74, 6) is 3.90. The third-order valence-corrected chi connectivity index (χ3v) is 5.55. The molecule has 1 aromatic heterocycles. The number of nitrogens with zero attached hydrogens (tertiary/aromatic N) is 4. The molecule has 0 radical (unpaired) electrons. The second kappa shape index (κ2) is 13.1. The zero-order valence-corrected chi connectivity index (χ0v) is 19.8. The van der Waals surface area contributed by atoms with E-state index in [1.54, 1.807) is 7.11 Å². The fraction of sp³-hybridized carbons (Fsp3) is 0.625. The number of hydrogen-bond donors (Lipinski definition) is 2. The Morgan fingerprint density at radius 3 is 2.91 bits per heavy atom.